The predicted molar refractivity (Wildman–Crippen MR) is 170 cm³/mol. The number of alkyl carbamates (subject to hydrolysis) is 1. The van der Waals surface area contributed by atoms with E-state index < -0.39 is 24.1 Å². The van der Waals surface area contributed by atoms with Crippen molar-refractivity contribution in [2.45, 2.75) is 38.3 Å². The van der Waals surface area contributed by atoms with Crippen LogP contribution in [-0.2, 0) is 28.5 Å². The van der Waals surface area contributed by atoms with Gasteiger partial charge in [0.25, 0.3) is 0 Å². The summed E-state index contributed by atoms with van der Waals surface area (Å²) >= 11 is 0. The zero-order chi connectivity index (χ0) is 33.2. The van der Waals surface area contributed by atoms with Gasteiger partial charge in [0, 0.05) is 19.0 Å². The minimum Gasteiger partial charge on any atom is -0.480 e. The first-order valence-electron chi connectivity index (χ1n) is 14.8. The number of fused-ring (bicyclic) bond motifs is 3. The molecule has 45 heavy (non-hydrogen) atoms. The number of amides is 1. The Balaban J connectivity index is 0.00000130. The second kappa shape index (κ2) is 19.6. The van der Waals surface area contributed by atoms with E-state index >= 15 is 0 Å². The highest BCUT2D eigenvalue weighted by Gasteiger charge is 2.29. The fourth-order valence-electron chi connectivity index (χ4n) is 4.69. The molecule has 0 radical (unpaired) electrons. The smallest absolute Gasteiger partial charge is 0.407 e. The van der Waals surface area contributed by atoms with E-state index in [-0.39, 0.29) is 44.4 Å². The number of benzene rings is 2. The molecule has 0 bridgehead atoms. The molecule has 0 spiro atoms. The third kappa shape index (κ3) is 14.2. The van der Waals surface area contributed by atoms with Crippen LogP contribution in [0, 0.1) is 0 Å². The van der Waals surface area contributed by atoms with Crippen LogP contribution >= 0.6 is 0 Å². The van der Waals surface area contributed by atoms with Gasteiger partial charge in [-0.05, 0) is 43.0 Å². The summed E-state index contributed by atoms with van der Waals surface area (Å²) in [6.07, 6.45) is 1.04. The summed E-state index contributed by atoms with van der Waals surface area (Å²) in [5, 5.41) is 19.8. The molecule has 248 valence electrons. The summed E-state index contributed by atoms with van der Waals surface area (Å²) in [5.74, 6) is -1.99. The number of aliphatic carboxylic acids is 2. The van der Waals surface area contributed by atoms with Crippen LogP contribution in [0.2, 0.25) is 0 Å². The zero-order valence-electron chi connectivity index (χ0n) is 26.4. The Bertz CT molecular complexity index is 1190. The number of rotatable bonds is 18. The molecule has 0 unspecified atom stereocenters. The van der Waals surface area contributed by atoms with Gasteiger partial charge in [-0.3, -0.25) is 14.5 Å². The largest absolute Gasteiger partial charge is 0.480 e. The lowest BCUT2D eigenvalue weighted by Gasteiger charge is -2.26. The number of carboxylic acids is 2. The van der Waals surface area contributed by atoms with Crippen LogP contribution in [0.5, 0.6) is 0 Å². The molecule has 5 N–H and O–H groups in total. The Morgan fingerprint density at radius 2 is 1.51 bits per heavy atom. The van der Waals surface area contributed by atoms with Gasteiger partial charge >= 0.3 is 18.0 Å². The van der Waals surface area contributed by atoms with Gasteiger partial charge in [0.1, 0.15) is 6.61 Å². The molecule has 1 aliphatic rings. The van der Waals surface area contributed by atoms with Gasteiger partial charge in [-0.1, -0.05) is 54.6 Å². The highest BCUT2D eigenvalue weighted by Crippen LogP contribution is 2.44. The molecule has 2 aromatic rings. The van der Waals surface area contributed by atoms with Gasteiger partial charge in [-0.25, -0.2) is 4.79 Å². The number of nitrogens with one attached hydrogen (secondary N) is 1. The molecule has 1 amide bonds. The van der Waals surface area contributed by atoms with Gasteiger partial charge in [0.15, 0.2) is 0 Å². The Morgan fingerprint density at radius 1 is 0.956 bits per heavy atom. The van der Waals surface area contributed by atoms with Gasteiger partial charge in [-0.15, -0.1) is 6.58 Å². The summed E-state index contributed by atoms with van der Waals surface area (Å²) in [6.45, 7) is 11.8. The van der Waals surface area contributed by atoms with Crippen LogP contribution in [0.1, 0.15) is 37.8 Å². The van der Waals surface area contributed by atoms with Crippen LogP contribution in [0.25, 0.3) is 11.1 Å². The third-order valence-electron chi connectivity index (χ3n) is 6.52. The van der Waals surface area contributed by atoms with Crippen molar-refractivity contribution < 1.29 is 43.5 Å². The summed E-state index contributed by atoms with van der Waals surface area (Å²) < 4.78 is 22.6. The quantitative estimate of drug-likeness (QED) is 0.141. The van der Waals surface area contributed by atoms with Gasteiger partial charge in [0.05, 0.1) is 57.8 Å². The number of nitrogens with zero attached hydrogens (tertiary/aromatic N) is 1. The van der Waals surface area contributed by atoms with Crippen LogP contribution in [0.15, 0.2) is 61.2 Å². The number of carboxylic acid groups (broad SMARTS) is 2. The number of hydrogen-bond acceptors (Lipinski definition) is 9. The first-order valence-corrected chi connectivity index (χ1v) is 14.8. The van der Waals surface area contributed by atoms with E-state index in [4.69, 9.17) is 24.1 Å². The molecule has 2 aromatic carbocycles. The molecule has 0 aromatic heterocycles. The number of carbonyl (C=O) groups excluding carboxylic acids is 1. The van der Waals surface area contributed by atoms with Crippen LogP contribution in [-0.4, -0.2) is 111 Å². The van der Waals surface area contributed by atoms with Gasteiger partial charge in [0.2, 0.25) is 0 Å². The summed E-state index contributed by atoms with van der Waals surface area (Å²) in [4.78, 5) is 35.2. The maximum atomic E-state index is 12.9. The zero-order valence-corrected chi connectivity index (χ0v) is 26.4. The predicted octanol–water partition coefficient (Wildman–Crippen LogP) is 3.34. The lowest BCUT2D eigenvalue weighted by Crippen LogP contribution is -2.48. The molecule has 1 atom stereocenters. The van der Waals surface area contributed by atoms with E-state index in [9.17, 15) is 19.5 Å². The minimum absolute atomic E-state index is 0.0588. The summed E-state index contributed by atoms with van der Waals surface area (Å²) in [6, 6.07) is 15.8. The molecule has 0 saturated heterocycles. The molecule has 0 saturated carbocycles. The topological polar surface area (TPSA) is 170 Å². The highest BCUT2D eigenvalue weighted by molar-refractivity contribution is 5.79. The average molecular weight is 630 g/mol. The van der Waals surface area contributed by atoms with E-state index in [0.29, 0.717) is 33.0 Å². The van der Waals surface area contributed by atoms with Crippen molar-refractivity contribution in [1.82, 2.24) is 10.2 Å². The normalized spacial score (nSPS) is 12.8. The average Bonchev–Trinajstić information content (AvgIpc) is 3.30. The van der Waals surface area contributed by atoms with Gasteiger partial charge < -0.3 is 40.2 Å². The van der Waals surface area contributed by atoms with E-state index in [1.54, 1.807) is 11.0 Å². The van der Waals surface area contributed by atoms with Crippen molar-refractivity contribution in [2.75, 3.05) is 65.8 Å². The molecular formula is C33H47N3O9. The Morgan fingerprint density at radius 3 is 2.04 bits per heavy atom. The van der Waals surface area contributed by atoms with Crippen molar-refractivity contribution in [3.05, 3.63) is 72.3 Å². The number of hydrogen-bond donors (Lipinski definition) is 4. The van der Waals surface area contributed by atoms with Crippen molar-refractivity contribution in [1.29, 1.82) is 0 Å². The molecule has 1 aliphatic carbocycles. The number of ether oxygens (including phenoxy) is 4. The third-order valence-corrected chi connectivity index (χ3v) is 6.52. The molecule has 12 heteroatoms. The second-order valence-corrected chi connectivity index (χ2v) is 11.3. The highest BCUT2D eigenvalue weighted by atomic mass is 16.6. The maximum absolute atomic E-state index is 12.9. The van der Waals surface area contributed by atoms with Crippen LogP contribution in [0.3, 0.4) is 0 Å². The van der Waals surface area contributed by atoms with Crippen LogP contribution < -0.4 is 11.1 Å². The van der Waals surface area contributed by atoms with Crippen molar-refractivity contribution in [3.63, 3.8) is 0 Å². The SMILES string of the molecule is C=CCN(CC(=O)O)C[C@H](COCCOCCOC(C)(C)C)NC(=O)OCC1c2ccccc2-c2ccccc21.NCC(=O)O. The Hall–Kier alpha value is -3.81. The second-order valence-electron chi connectivity index (χ2n) is 11.3. The van der Waals surface area contributed by atoms with E-state index in [0.717, 1.165) is 22.3 Å². The maximum Gasteiger partial charge on any atom is 0.407 e. The molecule has 0 heterocycles. The summed E-state index contributed by atoms with van der Waals surface area (Å²) in [5.41, 5.74) is 8.91. The molecule has 0 fully saturated rings. The lowest BCUT2D eigenvalue weighted by atomic mass is 9.98. The Kier molecular flexibility index (Phi) is 16.2. The minimum atomic E-state index is -0.968. The summed E-state index contributed by atoms with van der Waals surface area (Å²) in [7, 11) is 0. The molecule has 3 rings (SSSR count). The van der Waals surface area contributed by atoms with E-state index in [2.05, 4.69) is 41.9 Å². The van der Waals surface area contributed by atoms with E-state index in [1.807, 2.05) is 45.0 Å². The Labute approximate surface area is 265 Å². The number of nitrogens with two attached hydrogens (primary N) is 1. The van der Waals surface area contributed by atoms with Crippen LogP contribution in [0.4, 0.5) is 4.79 Å². The molecular weight excluding hydrogens is 582 g/mol. The molecule has 12 nitrogen and oxygen atoms in total. The molecule has 0 aliphatic heterocycles. The first-order chi connectivity index (χ1) is 21.4. The van der Waals surface area contributed by atoms with Gasteiger partial charge in [-0.2, -0.15) is 0 Å². The lowest BCUT2D eigenvalue weighted by molar-refractivity contribution is -0.138. The standard InChI is InChI=1S/C31H42N2O7.C2H5NO2/c1-5-14-33(20-29(34)35)19-23(21-38-16-15-37-17-18-40-31(2,3)4)32-30(36)39-22-28-26-12-8-6-10-24(26)25-11-7-9-13-27(25)28;3-1-2(4)5/h5-13,23,28H,1,14-22H2,2-4H3,(H,32,36)(H,34,35);1,3H2,(H,4,5)/t23-;/m1./s1. The first kappa shape index (κ1) is 37.4. The fraction of sp³-hybridized carbons (Fsp3) is 0.485. The van der Waals surface area contributed by atoms with E-state index in [1.165, 1.54) is 0 Å². The van der Waals surface area contributed by atoms with Crippen molar-refractivity contribution in [3.8, 4) is 11.1 Å². The van der Waals surface area contributed by atoms with Crippen molar-refractivity contribution in [2.24, 2.45) is 5.73 Å². The number of carbonyl (C=O) groups is 3. The monoisotopic (exact) mass is 629 g/mol. The van der Waals surface area contributed by atoms with Crippen molar-refractivity contribution >= 4 is 18.0 Å². The fourth-order valence-corrected chi connectivity index (χ4v) is 4.69.